The average molecular weight is 250 g/mol. The van der Waals surface area contributed by atoms with E-state index in [1.54, 1.807) is 17.7 Å². The van der Waals surface area contributed by atoms with Crippen LogP contribution < -0.4 is 10.6 Å². The maximum Gasteiger partial charge on any atom is 0.138 e. The van der Waals surface area contributed by atoms with Crippen LogP contribution in [0.1, 0.15) is 18.2 Å². The molecule has 0 aliphatic rings. The van der Waals surface area contributed by atoms with Crippen LogP contribution in [0.3, 0.4) is 0 Å². The lowest BCUT2D eigenvalue weighted by molar-refractivity contribution is 0.687. The number of nitrogens with zero attached hydrogens (tertiary/aromatic N) is 2. The summed E-state index contributed by atoms with van der Waals surface area (Å²) in [6, 6.07) is 2.14. The molecule has 0 aliphatic heterocycles. The SMILES string of the molecule is CCCNCCNc1ncnc2sc(C)cc12. The number of thiophene rings is 1. The summed E-state index contributed by atoms with van der Waals surface area (Å²) in [7, 11) is 0. The van der Waals surface area contributed by atoms with Crippen LogP contribution in [0.25, 0.3) is 10.2 Å². The Labute approximate surface area is 105 Å². The lowest BCUT2D eigenvalue weighted by atomic mass is 10.3. The van der Waals surface area contributed by atoms with Crippen molar-refractivity contribution in [3.8, 4) is 0 Å². The van der Waals surface area contributed by atoms with Crippen LogP contribution in [-0.2, 0) is 0 Å². The topological polar surface area (TPSA) is 49.8 Å². The molecule has 0 fully saturated rings. The van der Waals surface area contributed by atoms with Crippen LogP contribution in [0.5, 0.6) is 0 Å². The van der Waals surface area contributed by atoms with E-state index in [1.165, 1.54) is 11.3 Å². The molecule has 5 heteroatoms. The highest BCUT2D eigenvalue weighted by Gasteiger charge is 2.05. The highest BCUT2D eigenvalue weighted by atomic mass is 32.1. The fourth-order valence-corrected chi connectivity index (χ4v) is 2.54. The van der Waals surface area contributed by atoms with E-state index < -0.39 is 0 Å². The molecule has 2 aromatic heterocycles. The van der Waals surface area contributed by atoms with Crippen molar-refractivity contribution in [2.75, 3.05) is 25.0 Å². The summed E-state index contributed by atoms with van der Waals surface area (Å²) in [6.45, 7) is 7.18. The fourth-order valence-electron chi connectivity index (χ4n) is 1.69. The van der Waals surface area contributed by atoms with Crippen LogP contribution >= 0.6 is 11.3 Å². The van der Waals surface area contributed by atoms with Crippen molar-refractivity contribution in [2.45, 2.75) is 20.3 Å². The second-order valence-electron chi connectivity index (χ2n) is 3.97. The Morgan fingerprint density at radius 3 is 2.94 bits per heavy atom. The number of rotatable bonds is 6. The van der Waals surface area contributed by atoms with E-state index >= 15 is 0 Å². The van der Waals surface area contributed by atoms with Crippen LogP contribution in [0, 0.1) is 6.92 Å². The molecule has 2 rings (SSSR count). The highest BCUT2D eigenvalue weighted by molar-refractivity contribution is 7.18. The molecule has 0 saturated heterocycles. The zero-order chi connectivity index (χ0) is 12.1. The van der Waals surface area contributed by atoms with Gasteiger partial charge in [0.25, 0.3) is 0 Å². The lowest BCUT2D eigenvalue weighted by Gasteiger charge is -2.06. The van der Waals surface area contributed by atoms with Crippen molar-refractivity contribution in [3.05, 3.63) is 17.3 Å². The van der Waals surface area contributed by atoms with Crippen molar-refractivity contribution < 1.29 is 0 Å². The van der Waals surface area contributed by atoms with Crippen molar-refractivity contribution in [2.24, 2.45) is 0 Å². The molecular weight excluding hydrogens is 232 g/mol. The average Bonchev–Trinajstić information content (AvgIpc) is 2.70. The van der Waals surface area contributed by atoms with E-state index in [4.69, 9.17) is 0 Å². The number of nitrogens with one attached hydrogen (secondary N) is 2. The minimum absolute atomic E-state index is 0.890. The molecule has 2 heterocycles. The third-order valence-corrected chi connectivity index (χ3v) is 3.43. The number of fused-ring (bicyclic) bond motifs is 1. The summed E-state index contributed by atoms with van der Waals surface area (Å²) >= 11 is 1.71. The minimum atomic E-state index is 0.890. The fraction of sp³-hybridized carbons (Fsp3) is 0.500. The predicted octanol–water partition coefficient (Wildman–Crippen LogP) is 2.41. The first kappa shape index (κ1) is 12.3. The van der Waals surface area contributed by atoms with Gasteiger partial charge >= 0.3 is 0 Å². The van der Waals surface area contributed by atoms with Gasteiger partial charge in [-0.05, 0) is 26.0 Å². The van der Waals surface area contributed by atoms with Gasteiger partial charge in [0.1, 0.15) is 17.0 Å². The minimum Gasteiger partial charge on any atom is -0.368 e. The summed E-state index contributed by atoms with van der Waals surface area (Å²) in [5, 5.41) is 7.84. The molecule has 2 N–H and O–H groups in total. The largest absolute Gasteiger partial charge is 0.368 e. The van der Waals surface area contributed by atoms with Gasteiger partial charge in [-0.1, -0.05) is 6.92 Å². The van der Waals surface area contributed by atoms with Gasteiger partial charge in [-0.15, -0.1) is 11.3 Å². The molecule has 0 saturated carbocycles. The van der Waals surface area contributed by atoms with Gasteiger partial charge in [-0.3, -0.25) is 0 Å². The summed E-state index contributed by atoms with van der Waals surface area (Å²) in [5.74, 6) is 0.942. The second kappa shape index (κ2) is 5.93. The summed E-state index contributed by atoms with van der Waals surface area (Å²) in [5.41, 5.74) is 0. The van der Waals surface area contributed by atoms with E-state index in [1.807, 2.05) is 0 Å². The second-order valence-corrected chi connectivity index (χ2v) is 5.21. The van der Waals surface area contributed by atoms with Gasteiger partial charge in [0.05, 0.1) is 5.39 Å². The van der Waals surface area contributed by atoms with E-state index in [9.17, 15) is 0 Å². The molecule has 0 aromatic carbocycles. The molecular formula is C12H18N4S. The number of aromatic nitrogens is 2. The summed E-state index contributed by atoms with van der Waals surface area (Å²) < 4.78 is 0. The zero-order valence-electron chi connectivity index (χ0n) is 10.3. The van der Waals surface area contributed by atoms with E-state index in [-0.39, 0.29) is 0 Å². The predicted molar refractivity (Wildman–Crippen MR) is 73.8 cm³/mol. The number of aryl methyl sites for hydroxylation is 1. The Balaban J connectivity index is 1.98. The third-order valence-electron chi connectivity index (χ3n) is 2.47. The van der Waals surface area contributed by atoms with Crippen LogP contribution in [0.4, 0.5) is 5.82 Å². The van der Waals surface area contributed by atoms with Gasteiger partial charge in [0, 0.05) is 18.0 Å². The van der Waals surface area contributed by atoms with Crippen molar-refractivity contribution in [1.29, 1.82) is 0 Å². The Morgan fingerprint density at radius 2 is 2.12 bits per heavy atom. The smallest absolute Gasteiger partial charge is 0.138 e. The first-order valence-corrected chi connectivity index (χ1v) is 6.78. The maximum atomic E-state index is 4.29. The standard InChI is InChI=1S/C12H18N4S/c1-3-4-13-5-6-14-11-10-7-9(2)17-12(10)16-8-15-11/h7-8,13H,3-6H2,1-2H3,(H,14,15,16). The van der Waals surface area contributed by atoms with Gasteiger partial charge < -0.3 is 10.6 Å². The summed E-state index contributed by atoms with van der Waals surface area (Å²) in [6.07, 6.45) is 2.79. The normalized spacial score (nSPS) is 10.9. The molecule has 0 radical (unpaired) electrons. The van der Waals surface area contributed by atoms with E-state index in [2.05, 4.69) is 40.5 Å². The molecule has 4 nitrogen and oxygen atoms in total. The van der Waals surface area contributed by atoms with Gasteiger partial charge in [0.15, 0.2) is 0 Å². The quantitative estimate of drug-likeness (QED) is 0.773. The highest BCUT2D eigenvalue weighted by Crippen LogP contribution is 2.27. The molecule has 0 aliphatic carbocycles. The Kier molecular flexibility index (Phi) is 4.28. The Morgan fingerprint density at radius 1 is 1.24 bits per heavy atom. The monoisotopic (exact) mass is 250 g/mol. The van der Waals surface area contributed by atoms with Crippen LogP contribution in [0.2, 0.25) is 0 Å². The van der Waals surface area contributed by atoms with E-state index in [0.29, 0.717) is 0 Å². The number of hydrogen-bond donors (Lipinski definition) is 2. The van der Waals surface area contributed by atoms with Crippen molar-refractivity contribution in [3.63, 3.8) is 0 Å². The molecule has 0 bridgehead atoms. The van der Waals surface area contributed by atoms with Crippen molar-refractivity contribution in [1.82, 2.24) is 15.3 Å². The zero-order valence-corrected chi connectivity index (χ0v) is 11.1. The van der Waals surface area contributed by atoms with Gasteiger partial charge in [-0.2, -0.15) is 0 Å². The lowest BCUT2D eigenvalue weighted by Crippen LogP contribution is -2.23. The van der Waals surface area contributed by atoms with Gasteiger partial charge in [-0.25, -0.2) is 9.97 Å². The molecule has 0 spiro atoms. The first-order chi connectivity index (χ1) is 8.31. The summed E-state index contributed by atoms with van der Waals surface area (Å²) in [4.78, 5) is 10.9. The van der Waals surface area contributed by atoms with E-state index in [0.717, 1.165) is 35.7 Å². The third kappa shape index (κ3) is 3.14. The molecule has 92 valence electrons. The molecule has 0 atom stereocenters. The molecule has 0 amide bonds. The van der Waals surface area contributed by atoms with Gasteiger partial charge in [0.2, 0.25) is 0 Å². The van der Waals surface area contributed by atoms with Crippen molar-refractivity contribution >= 4 is 27.4 Å². The first-order valence-electron chi connectivity index (χ1n) is 5.97. The molecule has 2 aromatic rings. The Bertz CT molecular complexity index is 480. The number of anilines is 1. The van der Waals surface area contributed by atoms with Crippen LogP contribution in [-0.4, -0.2) is 29.6 Å². The molecule has 0 unspecified atom stereocenters. The number of hydrogen-bond acceptors (Lipinski definition) is 5. The van der Waals surface area contributed by atoms with Crippen LogP contribution in [0.15, 0.2) is 12.4 Å². The Hall–Kier alpha value is -1.20. The maximum absolute atomic E-state index is 4.29. The molecule has 17 heavy (non-hydrogen) atoms.